The van der Waals surface area contributed by atoms with E-state index in [0.717, 1.165) is 5.82 Å². The molecule has 0 radical (unpaired) electrons. The fourth-order valence-corrected chi connectivity index (χ4v) is 2.50. The third-order valence-corrected chi connectivity index (χ3v) is 3.56. The van der Waals surface area contributed by atoms with Crippen molar-refractivity contribution in [2.75, 3.05) is 10.6 Å². The molecule has 0 bridgehead atoms. The zero-order valence-electron chi connectivity index (χ0n) is 11.4. The summed E-state index contributed by atoms with van der Waals surface area (Å²) in [4.78, 5) is 4.46. The summed E-state index contributed by atoms with van der Waals surface area (Å²) in [6.07, 6.45) is 6.73. The number of hydrogen-bond acceptors (Lipinski definition) is 5. The van der Waals surface area contributed by atoms with Crippen LogP contribution in [0.15, 0.2) is 36.5 Å². The highest BCUT2D eigenvalue weighted by molar-refractivity contribution is 5.38. The van der Waals surface area contributed by atoms with Gasteiger partial charge in [-0.05, 0) is 18.4 Å². The van der Waals surface area contributed by atoms with Gasteiger partial charge in [0.1, 0.15) is 0 Å². The van der Waals surface area contributed by atoms with Crippen LogP contribution in [0.4, 0.5) is 11.8 Å². The summed E-state index contributed by atoms with van der Waals surface area (Å²) in [5.74, 6) is 1.37. The zero-order valence-corrected chi connectivity index (χ0v) is 11.4. The fourth-order valence-electron chi connectivity index (χ4n) is 2.50. The van der Waals surface area contributed by atoms with Gasteiger partial charge in [-0.1, -0.05) is 43.2 Å². The van der Waals surface area contributed by atoms with E-state index in [4.69, 9.17) is 0 Å². The molecule has 5 heteroatoms. The predicted octanol–water partition coefficient (Wildman–Crippen LogP) is 2.84. The van der Waals surface area contributed by atoms with Crippen molar-refractivity contribution in [1.82, 2.24) is 15.2 Å². The van der Waals surface area contributed by atoms with Crippen LogP contribution >= 0.6 is 0 Å². The Labute approximate surface area is 118 Å². The molecule has 1 aromatic heterocycles. The maximum Gasteiger partial charge on any atom is 0.244 e. The molecule has 1 fully saturated rings. The van der Waals surface area contributed by atoms with Crippen LogP contribution in [0.1, 0.15) is 31.2 Å². The maximum absolute atomic E-state index is 4.46. The smallest absolute Gasteiger partial charge is 0.244 e. The fraction of sp³-hybridized carbons (Fsp3) is 0.400. The molecule has 2 aromatic rings. The summed E-state index contributed by atoms with van der Waals surface area (Å²) in [6.45, 7) is 0.704. The number of aromatic nitrogens is 3. The first-order valence-corrected chi connectivity index (χ1v) is 7.14. The van der Waals surface area contributed by atoms with Crippen LogP contribution in [-0.4, -0.2) is 21.2 Å². The van der Waals surface area contributed by atoms with Crippen molar-refractivity contribution in [3.63, 3.8) is 0 Å². The van der Waals surface area contributed by atoms with Gasteiger partial charge in [0.25, 0.3) is 0 Å². The van der Waals surface area contributed by atoms with Gasteiger partial charge in [-0.25, -0.2) is 0 Å². The Kier molecular flexibility index (Phi) is 4.06. The van der Waals surface area contributed by atoms with Gasteiger partial charge < -0.3 is 10.6 Å². The van der Waals surface area contributed by atoms with Crippen molar-refractivity contribution < 1.29 is 0 Å². The normalized spacial score (nSPS) is 15.2. The van der Waals surface area contributed by atoms with Crippen molar-refractivity contribution in [2.24, 2.45) is 0 Å². The monoisotopic (exact) mass is 269 g/mol. The average Bonchev–Trinajstić information content (AvgIpc) is 3.00. The van der Waals surface area contributed by atoms with E-state index in [0.29, 0.717) is 18.5 Å². The van der Waals surface area contributed by atoms with Gasteiger partial charge in [0, 0.05) is 12.6 Å². The van der Waals surface area contributed by atoms with Gasteiger partial charge in [0.05, 0.1) is 6.20 Å². The highest BCUT2D eigenvalue weighted by atomic mass is 15.3. The number of benzene rings is 1. The van der Waals surface area contributed by atoms with Gasteiger partial charge in [0.15, 0.2) is 5.82 Å². The van der Waals surface area contributed by atoms with E-state index >= 15 is 0 Å². The summed E-state index contributed by atoms with van der Waals surface area (Å²) >= 11 is 0. The lowest BCUT2D eigenvalue weighted by Crippen LogP contribution is -2.16. The molecule has 104 valence electrons. The summed E-state index contributed by atoms with van der Waals surface area (Å²) in [7, 11) is 0. The third kappa shape index (κ3) is 3.44. The Bertz CT molecular complexity index is 537. The van der Waals surface area contributed by atoms with Crippen LogP contribution in [0.3, 0.4) is 0 Å². The number of hydrogen-bond donors (Lipinski definition) is 2. The van der Waals surface area contributed by atoms with Crippen LogP contribution in [0.25, 0.3) is 0 Å². The molecule has 0 aliphatic heterocycles. The van der Waals surface area contributed by atoms with Crippen LogP contribution in [0.5, 0.6) is 0 Å². The molecular weight excluding hydrogens is 250 g/mol. The van der Waals surface area contributed by atoms with Crippen molar-refractivity contribution in [3.05, 3.63) is 42.1 Å². The topological polar surface area (TPSA) is 62.7 Å². The summed E-state index contributed by atoms with van der Waals surface area (Å²) in [5, 5.41) is 14.6. The lowest BCUT2D eigenvalue weighted by atomic mass is 10.2. The van der Waals surface area contributed by atoms with E-state index in [1.54, 1.807) is 6.20 Å². The van der Waals surface area contributed by atoms with E-state index in [1.807, 2.05) is 18.2 Å². The molecule has 0 amide bonds. The quantitative estimate of drug-likeness (QED) is 0.874. The first-order chi connectivity index (χ1) is 9.90. The van der Waals surface area contributed by atoms with Gasteiger partial charge in [-0.3, -0.25) is 0 Å². The lowest BCUT2D eigenvalue weighted by Gasteiger charge is -2.12. The molecule has 1 saturated carbocycles. The van der Waals surface area contributed by atoms with E-state index in [2.05, 4.69) is 37.9 Å². The minimum absolute atomic E-state index is 0.536. The number of rotatable bonds is 5. The minimum atomic E-state index is 0.536. The average molecular weight is 269 g/mol. The summed E-state index contributed by atoms with van der Waals surface area (Å²) in [6, 6.07) is 10.7. The predicted molar refractivity (Wildman–Crippen MR) is 79.5 cm³/mol. The highest BCUT2D eigenvalue weighted by Crippen LogP contribution is 2.21. The summed E-state index contributed by atoms with van der Waals surface area (Å²) in [5.41, 5.74) is 1.20. The van der Waals surface area contributed by atoms with E-state index < -0.39 is 0 Å². The van der Waals surface area contributed by atoms with Crippen LogP contribution < -0.4 is 10.6 Å². The number of nitrogens with zero attached hydrogens (tertiary/aromatic N) is 3. The van der Waals surface area contributed by atoms with Gasteiger partial charge in [-0.15, -0.1) is 5.10 Å². The maximum atomic E-state index is 4.46. The first kappa shape index (κ1) is 12.8. The molecular formula is C15H19N5. The lowest BCUT2D eigenvalue weighted by molar-refractivity contribution is 0.746. The van der Waals surface area contributed by atoms with E-state index in [-0.39, 0.29) is 0 Å². The molecule has 20 heavy (non-hydrogen) atoms. The number of anilines is 2. The molecule has 5 nitrogen and oxygen atoms in total. The summed E-state index contributed by atoms with van der Waals surface area (Å²) < 4.78 is 0. The molecule has 0 saturated heterocycles. The van der Waals surface area contributed by atoms with Crippen molar-refractivity contribution in [3.8, 4) is 0 Å². The Hall–Kier alpha value is -2.17. The van der Waals surface area contributed by atoms with Crippen LogP contribution in [0.2, 0.25) is 0 Å². The largest absolute Gasteiger partial charge is 0.366 e. The second-order valence-electron chi connectivity index (χ2n) is 5.13. The second kappa shape index (κ2) is 6.32. The Balaban J connectivity index is 1.59. The Morgan fingerprint density at radius 3 is 2.70 bits per heavy atom. The third-order valence-electron chi connectivity index (χ3n) is 3.56. The number of nitrogens with one attached hydrogen (secondary N) is 2. The molecule has 2 N–H and O–H groups in total. The zero-order chi connectivity index (χ0) is 13.6. The second-order valence-corrected chi connectivity index (χ2v) is 5.13. The van der Waals surface area contributed by atoms with Crippen molar-refractivity contribution in [1.29, 1.82) is 0 Å². The van der Waals surface area contributed by atoms with Gasteiger partial charge in [0.2, 0.25) is 5.95 Å². The molecule has 1 heterocycles. The van der Waals surface area contributed by atoms with Crippen molar-refractivity contribution >= 4 is 11.8 Å². The van der Waals surface area contributed by atoms with Crippen LogP contribution in [-0.2, 0) is 6.54 Å². The molecule has 1 aliphatic carbocycles. The van der Waals surface area contributed by atoms with E-state index in [9.17, 15) is 0 Å². The first-order valence-electron chi connectivity index (χ1n) is 7.14. The van der Waals surface area contributed by atoms with Gasteiger partial charge in [-0.2, -0.15) is 10.1 Å². The molecule has 3 rings (SSSR count). The highest BCUT2D eigenvalue weighted by Gasteiger charge is 2.15. The molecule has 0 spiro atoms. The standard InChI is InChI=1S/C15H19N5/c1-2-6-12(7-3-1)10-16-15-19-14(11-17-20-15)18-13-8-4-5-9-13/h1-3,6-7,11,13H,4-5,8-10H2,(H2,16,18,19,20). The SMILES string of the molecule is c1ccc(CNc2nncc(NC3CCCC3)n2)cc1. The minimum Gasteiger partial charge on any atom is -0.366 e. The van der Waals surface area contributed by atoms with E-state index in [1.165, 1.54) is 31.2 Å². The molecule has 1 aliphatic rings. The van der Waals surface area contributed by atoms with Crippen molar-refractivity contribution in [2.45, 2.75) is 38.3 Å². The molecule has 0 unspecified atom stereocenters. The van der Waals surface area contributed by atoms with Gasteiger partial charge >= 0.3 is 0 Å². The molecule has 0 atom stereocenters. The molecule has 1 aromatic carbocycles. The van der Waals surface area contributed by atoms with Crippen LogP contribution in [0, 0.1) is 0 Å². The Morgan fingerprint density at radius 2 is 1.90 bits per heavy atom. The Morgan fingerprint density at radius 1 is 1.10 bits per heavy atom.